The first-order valence-corrected chi connectivity index (χ1v) is 7.69. The van der Waals surface area contributed by atoms with Crippen molar-refractivity contribution < 1.29 is 14.3 Å². The van der Waals surface area contributed by atoms with Gasteiger partial charge in [0.15, 0.2) is 6.10 Å². The highest BCUT2D eigenvalue weighted by atomic mass is 16.5. The molecule has 0 bridgehead atoms. The summed E-state index contributed by atoms with van der Waals surface area (Å²) in [6.45, 7) is 4.18. The van der Waals surface area contributed by atoms with Gasteiger partial charge in [-0.1, -0.05) is 55.0 Å². The molecule has 1 amide bonds. The van der Waals surface area contributed by atoms with Gasteiger partial charge in [-0.3, -0.25) is 4.79 Å². The first kappa shape index (κ1) is 16.7. The quantitative estimate of drug-likeness (QED) is 0.833. The second-order valence-corrected chi connectivity index (χ2v) is 5.37. The van der Waals surface area contributed by atoms with Gasteiger partial charge in [0, 0.05) is 6.54 Å². The first-order valence-electron chi connectivity index (χ1n) is 7.69. The molecule has 0 saturated carbocycles. The van der Waals surface area contributed by atoms with E-state index in [1.165, 1.54) is 0 Å². The molecule has 0 spiro atoms. The fourth-order valence-electron chi connectivity index (χ4n) is 2.11. The van der Waals surface area contributed by atoms with E-state index in [1.54, 1.807) is 12.1 Å². The molecule has 0 fully saturated rings. The Kier molecular flexibility index (Phi) is 5.92. The Bertz CT molecular complexity index is 650. The van der Waals surface area contributed by atoms with Crippen LogP contribution in [-0.4, -0.2) is 18.0 Å². The summed E-state index contributed by atoms with van der Waals surface area (Å²) in [5.41, 5.74) is 2.51. The van der Waals surface area contributed by atoms with E-state index >= 15 is 0 Å². The molecule has 0 radical (unpaired) electrons. The Morgan fingerprint density at radius 1 is 1.04 bits per heavy atom. The van der Waals surface area contributed by atoms with Crippen molar-refractivity contribution in [2.24, 2.45) is 0 Å². The number of ether oxygens (including phenoxy) is 1. The molecule has 23 heavy (non-hydrogen) atoms. The van der Waals surface area contributed by atoms with Gasteiger partial charge in [0.25, 0.3) is 5.91 Å². The van der Waals surface area contributed by atoms with Crippen molar-refractivity contribution in [2.45, 2.75) is 32.9 Å². The second-order valence-electron chi connectivity index (χ2n) is 5.37. The fraction of sp³-hybridized carbons (Fsp3) is 0.263. The Balaban J connectivity index is 1.92. The van der Waals surface area contributed by atoms with E-state index in [1.807, 2.05) is 56.3 Å². The van der Waals surface area contributed by atoms with Crippen molar-refractivity contribution in [1.29, 1.82) is 0 Å². The zero-order valence-corrected chi connectivity index (χ0v) is 13.4. The topological polar surface area (TPSA) is 55.4 Å². The Morgan fingerprint density at radius 3 is 2.30 bits per heavy atom. The molecule has 0 aliphatic rings. The van der Waals surface area contributed by atoms with E-state index in [9.17, 15) is 9.59 Å². The van der Waals surface area contributed by atoms with E-state index in [4.69, 9.17) is 4.74 Å². The molecule has 120 valence electrons. The number of rotatable bonds is 6. The fourth-order valence-corrected chi connectivity index (χ4v) is 2.11. The number of nitrogens with one attached hydrogen (secondary N) is 1. The van der Waals surface area contributed by atoms with Gasteiger partial charge in [0.05, 0.1) is 5.56 Å². The van der Waals surface area contributed by atoms with Crippen LogP contribution in [0.1, 0.15) is 34.8 Å². The zero-order valence-electron chi connectivity index (χ0n) is 13.4. The maximum absolute atomic E-state index is 12.2. The van der Waals surface area contributed by atoms with Crippen LogP contribution in [0, 0.1) is 6.92 Å². The molecular weight excluding hydrogens is 290 g/mol. The number of carbonyl (C=O) groups is 2. The van der Waals surface area contributed by atoms with Crippen molar-refractivity contribution in [3.63, 3.8) is 0 Å². The van der Waals surface area contributed by atoms with Crippen LogP contribution in [0.2, 0.25) is 0 Å². The third-order valence-electron chi connectivity index (χ3n) is 3.51. The highest BCUT2D eigenvalue weighted by Gasteiger charge is 2.21. The molecule has 2 aromatic rings. The van der Waals surface area contributed by atoms with E-state index in [0.29, 0.717) is 18.5 Å². The average Bonchev–Trinajstić information content (AvgIpc) is 2.59. The highest BCUT2D eigenvalue weighted by molar-refractivity contribution is 5.92. The third-order valence-corrected chi connectivity index (χ3v) is 3.51. The molecular formula is C19H21NO3. The van der Waals surface area contributed by atoms with Crippen LogP contribution in [0.4, 0.5) is 0 Å². The van der Waals surface area contributed by atoms with Crippen molar-refractivity contribution in [3.8, 4) is 0 Å². The number of esters is 1. The van der Waals surface area contributed by atoms with Crippen molar-refractivity contribution >= 4 is 11.9 Å². The van der Waals surface area contributed by atoms with Crippen LogP contribution in [0.3, 0.4) is 0 Å². The minimum Gasteiger partial charge on any atom is -0.449 e. The summed E-state index contributed by atoms with van der Waals surface area (Å²) >= 11 is 0. The molecule has 2 aromatic carbocycles. The Morgan fingerprint density at radius 2 is 1.70 bits per heavy atom. The summed E-state index contributed by atoms with van der Waals surface area (Å²) < 4.78 is 5.32. The van der Waals surface area contributed by atoms with Crippen LogP contribution < -0.4 is 5.32 Å². The van der Waals surface area contributed by atoms with Crippen LogP contribution in [0.25, 0.3) is 0 Å². The first-order chi connectivity index (χ1) is 11.1. The summed E-state index contributed by atoms with van der Waals surface area (Å²) in [6, 6.07) is 16.7. The zero-order chi connectivity index (χ0) is 16.7. The summed E-state index contributed by atoms with van der Waals surface area (Å²) in [4.78, 5) is 24.3. The average molecular weight is 311 g/mol. The normalized spacial score (nSPS) is 11.6. The molecule has 2 rings (SSSR count). The minimum absolute atomic E-state index is 0.281. The number of aryl methyl sites for hydroxylation is 1. The predicted octanol–water partition coefficient (Wildman–Crippen LogP) is 3.25. The SMILES string of the molecule is CCC(OC(=O)c1ccc(C)cc1)C(=O)NCc1ccccc1. The van der Waals surface area contributed by atoms with E-state index < -0.39 is 12.1 Å². The van der Waals surface area contributed by atoms with E-state index in [-0.39, 0.29) is 5.91 Å². The summed E-state index contributed by atoms with van der Waals surface area (Å²) in [5, 5.41) is 2.80. The van der Waals surface area contributed by atoms with E-state index in [2.05, 4.69) is 5.32 Å². The Labute approximate surface area is 136 Å². The van der Waals surface area contributed by atoms with Crippen molar-refractivity contribution in [2.75, 3.05) is 0 Å². The van der Waals surface area contributed by atoms with Gasteiger partial charge in [0.2, 0.25) is 0 Å². The smallest absolute Gasteiger partial charge is 0.338 e. The van der Waals surface area contributed by atoms with Gasteiger partial charge in [0.1, 0.15) is 0 Å². The molecule has 0 aromatic heterocycles. The number of amides is 1. The number of carbonyl (C=O) groups excluding carboxylic acids is 2. The monoisotopic (exact) mass is 311 g/mol. The maximum Gasteiger partial charge on any atom is 0.338 e. The van der Waals surface area contributed by atoms with Gasteiger partial charge in [-0.25, -0.2) is 4.79 Å². The second kappa shape index (κ2) is 8.13. The lowest BCUT2D eigenvalue weighted by Gasteiger charge is -2.16. The number of benzene rings is 2. The van der Waals surface area contributed by atoms with E-state index in [0.717, 1.165) is 11.1 Å². The van der Waals surface area contributed by atoms with Gasteiger partial charge < -0.3 is 10.1 Å². The standard InChI is InChI=1S/C19H21NO3/c1-3-17(18(21)20-13-15-7-5-4-6-8-15)23-19(22)16-11-9-14(2)10-12-16/h4-12,17H,3,13H2,1-2H3,(H,20,21). The molecule has 0 aliphatic heterocycles. The summed E-state index contributed by atoms with van der Waals surface area (Å²) in [5.74, 6) is -0.761. The lowest BCUT2D eigenvalue weighted by atomic mass is 10.1. The van der Waals surface area contributed by atoms with Crippen LogP contribution in [0.5, 0.6) is 0 Å². The number of hydrogen-bond acceptors (Lipinski definition) is 3. The number of hydrogen-bond donors (Lipinski definition) is 1. The molecule has 0 aliphatic carbocycles. The molecule has 4 nitrogen and oxygen atoms in total. The Hall–Kier alpha value is -2.62. The molecule has 1 unspecified atom stereocenters. The molecule has 0 heterocycles. The third kappa shape index (κ3) is 4.95. The van der Waals surface area contributed by atoms with Crippen LogP contribution in [-0.2, 0) is 16.1 Å². The molecule has 1 N–H and O–H groups in total. The maximum atomic E-state index is 12.2. The highest BCUT2D eigenvalue weighted by Crippen LogP contribution is 2.09. The van der Waals surface area contributed by atoms with Gasteiger partial charge in [-0.15, -0.1) is 0 Å². The predicted molar refractivity (Wildman–Crippen MR) is 89.0 cm³/mol. The largest absolute Gasteiger partial charge is 0.449 e. The van der Waals surface area contributed by atoms with Gasteiger partial charge >= 0.3 is 5.97 Å². The van der Waals surface area contributed by atoms with Crippen LogP contribution in [0.15, 0.2) is 54.6 Å². The minimum atomic E-state index is -0.785. The summed E-state index contributed by atoms with van der Waals surface area (Å²) in [6.07, 6.45) is -0.356. The van der Waals surface area contributed by atoms with Crippen molar-refractivity contribution in [1.82, 2.24) is 5.32 Å². The molecule has 1 atom stereocenters. The van der Waals surface area contributed by atoms with Gasteiger partial charge in [-0.05, 0) is 31.0 Å². The lowest BCUT2D eigenvalue weighted by Crippen LogP contribution is -2.37. The molecule has 4 heteroatoms. The molecule has 0 saturated heterocycles. The lowest BCUT2D eigenvalue weighted by molar-refractivity contribution is -0.130. The van der Waals surface area contributed by atoms with Gasteiger partial charge in [-0.2, -0.15) is 0 Å². The van der Waals surface area contributed by atoms with Crippen molar-refractivity contribution in [3.05, 3.63) is 71.3 Å². The summed E-state index contributed by atoms with van der Waals surface area (Å²) in [7, 11) is 0. The van der Waals surface area contributed by atoms with Crippen LogP contribution >= 0.6 is 0 Å².